The van der Waals surface area contributed by atoms with Gasteiger partial charge in [-0.2, -0.15) is 11.8 Å². The Morgan fingerprint density at radius 1 is 1.62 bits per heavy atom. The smallest absolute Gasteiger partial charge is 0.338 e. The molecule has 1 aromatic rings. The molecule has 0 saturated carbocycles. The maximum absolute atomic E-state index is 13.6. The fourth-order valence-electron chi connectivity index (χ4n) is 2.30. The zero-order chi connectivity index (χ0) is 15.6. The van der Waals surface area contributed by atoms with Gasteiger partial charge in [0.1, 0.15) is 11.5 Å². The highest BCUT2D eigenvalue weighted by atomic mass is 32.2. The summed E-state index contributed by atoms with van der Waals surface area (Å²) in [4.78, 5) is 23.2. The van der Waals surface area contributed by atoms with E-state index in [1.165, 1.54) is 0 Å². The normalized spacial score (nSPS) is 18.6. The Hall–Kier alpha value is -1.83. The summed E-state index contributed by atoms with van der Waals surface area (Å²) in [6, 6.07) is 1.76. The lowest BCUT2D eigenvalue weighted by molar-refractivity contribution is -0.384. The number of halogens is 1. The van der Waals surface area contributed by atoms with E-state index in [2.05, 4.69) is 0 Å². The van der Waals surface area contributed by atoms with Gasteiger partial charge in [0.2, 0.25) is 0 Å². The minimum atomic E-state index is -1.43. The number of carboxylic acids is 1. The fourth-order valence-corrected chi connectivity index (χ4v) is 3.48. The molecule has 21 heavy (non-hydrogen) atoms. The SMILES string of the molecule is CCC1CN(c2cc(C(=O)O)c(F)cc2[N+](=O)[O-])CCS1. The van der Waals surface area contributed by atoms with Gasteiger partial charge in [-0.3, -0.25) is 10.1 Å². The van der Waals surface area contributed by atoms with E-state index in [0.717, 1.165) is 18.2 Å². The number of nitro groups is 1. The molecule has 1 saturated heterocycles. The van der Waals surface area contributed by atoms with Gasteiger partial charge in [-0.05, 0) is 12.5 Å². The van der Waals surface area contributed by atoms with Crippen molar-refractivity contribution in [2.24, 2.45) is 0 Å². The highest BCUT2D eigenvalue weighted by Crippen LogP contribution is 2.34. The van der Waals surface area contributed by atoms with Crippen LogP contribution in [-0.4, -0.2) is 40.1 Å². The molecule has 1 heterocycles. The molecule has 1 aliphatic rings. The number of benzene rings is 1. The van der Waals surface area contributed by atoms with E-state index in [0.29, 0.717) is 24.4 Å². The Morgan fingerprint density at radius 2 is 2.33 bits per heavy atom. The molecule has 1 fully saturated rings. The Kier molecular flexibility index (Phi) is 4.66. The summed E-state index contributed by atoms with van der Waals surface area (Å²) < 4.78 is 13.6. The first-order valence-corrected chi connectivity index (χ1v) is 7.56. The number of hydrogen-bond acceptors (Lipinski definition) is 5. The predicted octanol–water partition coefficient (Wildman–Crippen LogP) is 2.76. The van der Waals surface area contributed by atoms with Crippen LogP contribution in [0.4, 0.5) is 15.8 Å². The highest BCUT2D eigenvalue weighted by molar-refractivity contribution is 8.00. The topological polar surface area (TPSA) is 83.7 Å². The molecule has 0 spiro atoms. The minimum Gasteiger partial charge on any atom is -0.478 e. The fraction of sp³-hybridized carbons (Fsp3) is 0.462. The summed E-state index contributed by atoms with van der Waals surface area (Å²) in [5.41, 5.74) is -0.751. The molecule has 1 N–H and O–H groups in total. The Bertz CT molecular complexity index is 582. The van der Waals surface area contributed by atoms with Crippen molar-refractivity contribution < 1.29 is 19.2 Å². The number of thioether (sulfide) groups is 1. The number of carboxylic acid groups (broad SMARTS) is 1. The summed E-state index contributed by atoms with van der Waals surface area (Å²) in [7, 11) is 0. The maximum Gasteiger partial charge on any atom is 0.338 e. The van der Waals surface area contributed by atoms with Crippen molar-refractivity contribution >= 4 is 29.1 Å². The van der Waals surface area contributed by atoms with Crippen molar-refractivity contribution in [1.29, 1.82) is 0 Å². The van der Waals surface area contributed by atoms with E-state index in [4.69, 9.17) is 5.11 Å². The van der Waals surface area contributed by atoms with Crippen molar-refractivity contribution in [2.45, 2.75) is 18.6 Å². The van der Waals surface area contributed by atoms with E-state index < -0.39 is 22.3 Å². The van der Waals surface area contributed by atoms with Crippen molar-refractivity contribution in [1.82, 2.24) is 0 Å². The highest BCUT2D eigenvalue weighted by Gasteiger charge is 2.28. The summed E-state index contributed by atoms with van der Waals surface area (Å²) >= 11 is 1.79. The first kappa shape index (κ1) is 15.6. The Morgan fingerprint density at radius 3 is 2.90 bits per heavy atom. The molecule has 0 radical (unpaired) electrons. The van der Waals surface area contributed by atoms with Gasteiger partial charge in [-0.15, -0.1) is 0 Å². The number of nitrogens with zero attached hydrogens (tertiary/aromatic N) is 2. The summed E-state index contributed by atoms with van der Waals surface area (Å²) in [6.07, 6.45) is 0.919. The first-order chi connectivity index (χ1) is 9.93. The van der Waals surface area contributed by atoms with Gasteiger partial charge in [-0.1, -0.05) is 6.92 Å². The molecule has 1 atom stereocenters. The van der Waals surface area contributed by atoms with Crippen LogP contribution in [0.5, 0.6) is 0 Å². The second-order valence-corrected chi connectivity index (χ2v) is 6.14. The number of anilines is 1. The molecule has 6 nitrogen and oxygen atoms in total. The molecule has 0 aromatic heterocycles. The molecular weight excluding hydrogens is 299 g/mol. The Labute approximate surface area is 125 Å². The second-order valence-electron chi connectivity index (χ2n) is 4.73. The number of carbonyl (C=O) groups is 1. The molecular formula is C13H15FN2O4S. The molecule has 0 aliphatic carbocycles. The Balaban J connectivity index is 2.46. The van der Waals surface area contributed by atoms with E-state index in [-0.39, 0.29) is 11.4 Å². The van der Waals surface area contributed by atoms with Gasteiger partial charge in [0, 0.05) is 24.1 Å². The van der Waals surface area contributed by atoms with Gasteiger partial charge in [-0.25, -0.2) is 9.18 Å². The molecule has 1 unspecified atom stereocenters. The van der Waals surface area contributed by atoms with Crippen molar-refractivity contribution in [2.75, 3.05) is 23.7 Å². The van der Waals surface area contributed by atoms with Crippen LogP contribution in [0.2, 0.25) is 0 Å². The van der Waals surface area contributed by atoms with E-state index in [9.17, 15) is 19.3 Å². The van der Waals surface area contributed by atoms with Crippen LogP contribution in [0, 0.1) is 15.9 Å². The first-order valence-electron chi connectivity index (χ1n) is 6.51. The van der Waals surface area contributed by atoms with Crippen LogP contribution in [0.25, 0.3) is 0 Å². The quantitative estimate of drug-likeness (QED) is 0.679. The molecule has 8 heteroatoms. The van der Waals surface area contributed by atoms with Crippen LogP contribution in [0.1, 0.15) is 23.7 Å². The average Bonchev–Trinajstić information content (AvgIpc) is 2.46. The summed E-state index contributed by atoms with van der Waals surface area (Å²) in [5.74, 6) is -1.71. The zero-order valence-corrected chi connectivity index (χ0v) is 12.2. The lowest BCUT2D eigenvalue weighted by Gasteiger charge is -2.33. The maximum atomic E-state index is 13.6. The predicted molar refractivity (Wildman–Crippen MR) is 78.8 cm³/mol. The molecule has 114 valence electrons. The van der Waals surface area contributed by atoms with Gasteiger partial charge in [0.15, 0.2) is 0 Å². The van der Waals surface area contributed by atoms with Crippen LogP contribution < -0.4 is 4.90 Å². The van der Waals surface area contributed by atoms with Crippen molar-refractivity contribution in [3.63, 3.8) is 0 Å². The molecule has 2 rings (SSSR count). The van der Waals surface area contributed by atoms with Gasteiger partial charge >= 0.3 is 5.97 Å². The van der Waals surface area contributed by atoms with Gasteiger partial charge in [0.25, 0.3) is 5.69 Å². The number of nitro benzene ring substituents is 1. The second kappa shape index (κ2) is 6.30. The summed E-state index contributed by atoms with van der Waals surface area (Å²) in [6.45, 7) is 3.20. The van der Waals surface area contributed by atoms with Gasteiger partial charge in [0.05, 0.1) is 16.6 Å². The standard InChI is InChI=1S/C13H15FN2O4S/c1-2-8-7-15(3-4-21-8)11-5-9(13(17)18)10(14)6-12(11)16(19)20/h5-6,8H,2-4,7H2,1H3,(H,17,18). The van der Waals surface area contributed by atoms with E-state index in [1.807, 2.05) is 6.92 Å². The minimum absolute atomic E-state index is 0.178. The monoisotopic (exact) mass is 314 g/mol. The molecule has 0 bridgehead atoms. The average molecular weight is 314 g/mol. The van der Waals surface area contributed by atoms with Crippen molar-refractivity contribution in [3.8, 4) is 0 Å². The van der Waals surface area contributed by atoms with E-state index >= 15 is 0 Å². The third-order valence-corrected chi connectivity index (χ3v) is 4.80. The number of hydrogen-bond donors (Lipinski definition) is 1. The zero-order valence-electron chi connectivity index (χ0n) is 11.4. The van der Waals surface area contributed by atoms with Crippen LogP contribution in [0.15, 0.2) is 12.1 Å². The lowest BCUT2D eigenvalue weighted by atomic mass is 10.1. The lowest BCUT2D eigenvalue weighted by Crippen LogP contribution is -2.38. The number of aromatic carboxylic acids is 1. The molecule has 1 aromatic carbocycles. The van der Waals surface area contributed by atoms with Crippen molar-refractivity contribution in [3.05, 3.63) is 33.6 Å². The summed E-state index contributed by atoms with van der Waals surface area (Å²) in [5, 5.41) is 20.4. The van der Waals surface area contributed by atoms with Gasteiger partial charge < -0.3 is 10.0 Å². The third-order valence-electron chi connectivity index (χ3n) is 3.43. The number of rotatable bonds is 4. The largest absolute Gasteiger partial charge is 0.478 e. The third kappa shape index (κ3) is 3.26. The molecule has 0 amide bonds. The van der Waals surface area contributed by atoms with Crippen LogP contribution >= 0.6 is 11.8 Å². The molecule has 1 aliphatic heterocycles. The van der Waals surface area contributed by atoms with Crippen LogP contribution in [-0.2, 0) is 0 Å². The van der Waals surface area contributed by atoms with Crippen LogP contribution in [0.3, 0.4) is 0 Å². The van der Waals surface area contributed by atoms with E-state index in [1.54, 1.807) is 16.7 Å².